The van der Waals surface area contributed by atoms with Crippen molar-refractivity contribution in [2.75, 3.05) is 17.3 Å². The van der Waals surface area contributed by atoms with Crippen molar-refractivity contribution < 1.29 is 9.59 Å². The van der Waals surface area contributed by atoms with Crippen molar-refractivity contribution in [1.29, 1.82) is 0 Å². The first-order valence-corrected chi connectivity index (χ1v) is 7.26. The fourth-order valence-corrected chi connectivity index (χ4v) is 2.93. The predicted octanol–water partition coefficient (Wildman–Crippen LogP) is 3.66. The average molecular weight is 345 g/mol. The quantitative estimate of drug-likeness (QED) is 0.845. The van der Waals surface area contributed by atoms with Crippen LogP contribution in [-0.4, -0.2) is 18.7 Å². The highest BCUT2D eigenvalue weighted by Gasteiger charge is 2.29. The van der Waals surface area contributed by atoms with Crippen LogP contribution in [0.5, 0.6) is 0 Å². The molecule has 0 aliphatic carbocycles. The van der Waals surface area contributed by atoms with Crippen LogP contribution in [0.1, 0.15) is 15.9 Å². The molecule has 1 heterocycles. The van der Waals surface area contributed by atoms with Gasteiger partial charge in [-0.25, -0.2) is 0 Å². The number of amides is 1. The second-order valence-electron chi connectivity index (χ2n) is 5.03. The number of benzene rings is 2. The van der Waals surface area contributed by atoms with Gasteiger partial charge in [0.2, 0.25) is 0 Å². The summed E-state index contributed by atoms with van der Waals surface area (Å²) in [5.41, 5.74) is 4.07. The molecule has 0 fully saturated rings. The van der Waals surface area contributed by atoms with Crippen molar-refractivity contribution in [2.45, 2.75) is 6.92 Å². The number of Topliss-reactive ketones (excluding diaryl/α,β-unsaturated/α-hetero) is 1. The highest BCUT2D eigenvalue weighted by Crippen LogP contribution is 2.37. The first kappa shape index (κ1) is 13.8. The van der Waals surface area contributed by atoms with Gasteiger partial charge in [0.15, 0.2) is 0 Å². The lowest BCUT2D eigenvalue weighted by molar-refractivity contribution is -0.112. The lowest BCUT2D eigenvalue weighted by atomic mass is 10.1. The van der Waals surface area contributed by atoms with Gasteiger partial charge in [0.1, 0.15) is 0 Å². The van der Waals surface area contributed by atoms with Crippen LogP contribution in [0.15, 0.2) is 40.9 Å². The van der Waals surface area contributed by atoms with Gasteiger partial charge in [-0.3, -0.25) is 9.59 Å². The van der Waals surface area contributed by atoms with Crippen LogP contribution in [-0.2, 0) is 4.79 Å². The Labute approximate surface area is 130 Å². The summed E-state index contributed by atoms with van der Waals surface area (Å²) >= 11 is 3.48. The third-order valence-electron chi connectivity index (χ3n) is 3.57. The van der Waals surface area contributed by atoms with Gasteiger partial charge < -0.3 is 10.2 Å². The number of fused-ring (bicyclic) bond motifs is 1. The molecule has 0 aromatic heterocycles. The van der Waals surface area contributed by atoms with E-state index in [0.29, 0.717) is 11.3 Å². The molecule has 4 nitrogen and oxygen atoms in total. The summed E-state index contributed by atoms with van der Waals surface area (Å²) in [5, 5.41) is 2.59. The van der Waals surface area contributed by atoms with Crippen LogP contribution >= 0.6 is 15.9 Å². The number of aryl methyl sites for hydroxylation is 1. The maximum atomic E-state index is 11.7. The van der Waals surface area contributed by atoms with E-state index in [-0.39, 0.29) is 0 Å². The fourth-order valence-electron chi connectivity index (χ4n) is 2.32. The van der Waals surface area contributed by atoms with E-state index in [1.165, 1.54) is 5.56 Å². The van der Waals surface area contributed by atoms with E-state index in [4.69, 9.17) is 0 Å². The van der Waals surface area contributed by atoms with Crippen molar-refractivity contribution in [3.8, 4) is 0 Å². The van der Waals surface area contributed by atoms with Gasteiger partial charge >= 0.3 is 0 Å². The maximum absolute atomic E-state index is 11.7. The molecule has 0 unspecified atom stereocenters. The van der Waals surface area contributed by atoms with Crippen molar-refractivity contribution in [3.63, 3.8) is 0 Å². The van der Waals surface area contributed by atoms with Gasteiger partial charge in [-0.15, -0.1) is 0 Å². The summed E-state index contributed by atoms with van der Waals surface area (Å²) in [6, 6.07) is 11.6. The number of rotatable bonds is 2. The van der Waals surface area contributed by atoms with E-state index < -0.39 is 11.7 Å². The summed E-state index contributed by atoms with van der Waals surface area (Å²) in [6.45, 7) is 2.04. The number of halogens is 1. The second kappa shape index (κ2) is 5.00. The predicted molar refractivity (Wildman–Crippen MR) is 86.3 cm³/mol. The van der Waals surface area contributed by atoms with Gasteiger partial charge in [0.25, 0.3) is 11.7 Å². The first-order valence-electron chi connectivity index (χ1n) is 6.47. The zero-order valence-corrected chi connectivity index (χ0v) is 13.2. The summed E-state index contributed by atoms with van der Waals surface area (Å²) < 4.78 is 0.772. The Morgan fingerprint density at radius 2 is 1.76 bits per heavy atom. The van der Waals surface area contributed by atoms with Gasteiger partial charge in [-0.1, -0.05) is 17.7 Å². The van der Waals surface area contributed by atoms with Crippen LogP contribution in [0.25, 0.3) is 0 Å². The summed E-state index contributed by atoms with van der Waals surface area (Å²) in [7, 11) is 1.94. The smallest absolute Gasteiger partial charge is 0.296 e. The van der Waals surface area contributed by atoms with Crippen LogP contribution < -0.4 is 10.2 Å². The molecule has 106 valence electrons. The summed E-state index contributed by atoms with van der Waals surface area (Å²) in [6.07, 6.45) is 0. The molecular weight excluding hydrogens is 332 g/mol. The number of anilines is 3. The summed E-state index contributed by atoms with van der Waals surface area (Å²) in [4.78, 5) is 25.1. The van der Waals surface area contributed by atoms with Gasteiger partial charge in [0.05, 0.1) is 16.9 Å². The molecule has 0 spiro atoms. The Hall–Kier alpha value is -2.14. The molecule has 0 bridgehead atoms. The molecule has 2 aromatic carbocycles. The van der Waals surface area contributed by atoms with E-state index in [2.05, 4.69) is 21.2 Å². The molecule has 1 N–H and O–H groups in total. The SMILES string of the molecule is Cc1ccc(N(C)c2cc3c(cc2Br)C(=O)C(=O)N3)cc1. The van der Waals surface area contributed by atoms with E-state index in [1.807, 2.05) is 49.2 Å². The van der Waals surface area contributed by atoms with Gasteiger partial charge in [-0.05, 0) is 47.1 Å². The minimum atomic E-state index is -0.577. The molecule has 21 heavy (non-hydrogen) atoms. The largest absolute Gasteiger partial charge is 0.344 e. The molecule has 1 amide bonds. The highest BCUT2D eigenvalue weighted by atomic mass is 79.9. The molecule has 3 rings (SSSR count). The molecule has 0 saturated heterocycles. The Kier molecular flexibility index (Phi) is 3.29. The van der Waals surface area contributed by atoms with Crippen LogP contribution in [0.3, 0.4) is 0 Å². The topological polar surface area (TPSA) is 49.4 Å². The zero-order valence-electron chi connectivity index (χ0n) is 11.6. The maximum Gasteiger partial charge on any atom is 0.296 e. The number of carbonyl (C=O) groups excluding carboxylic acids is 2. The van der Waals surface area contributed by atoms with Gasteiger partial charge in [0, 0.05) is 17.2 Å². The third-order valence-corrected chi connectivity index (χ3v) is 4.20. The molecule has 0 saturated carbocycles. The lowest BCUT2D eigenvalue weighted by Crippen LogP contribution is -2.12. The second-order valence-corrected chi connectivity index (χ2v) is 5.88. The molecule has 2 aromatic rings. The van der Waals surface area contributed by atoms with Crippen molar-refractivity contribution in [3.05, 3.63) is 52.0 Å². The molecule has 0 radical (unpaired) electrons. The minimum absolute atomic E-state index is 0.410. The van der Waals surface area contributed by atoms with Gasteiger partial charge in [-0.2, -0.15) is 0 Å². The van der Waals surface area contributed by atoms with E-state index in [0.717, 1.165) is 15.8 Å². The number of hydrogen-bond acceptors (Lipinski definition) is 3. The number of nitrogens with one attached hydrogen (secondary N) is 1. The Balaban J connectivity index is 2.04. The number of carbonyl (C=O) groups is 2. The number of hydrogen-bond donors (Lipinski definition) is 1. The van der Waals surface area contributed by atoms with E-state index >= 15 is 0 Å². The zero-order chi connectivity index (χ0) is 15.1. The fraction of sp³-hybridized carbons (Fsp3) is 0.125. The van der Waals surface area contributed by atoms with Crippen LogP contribution in [0.4, 0.5) is 17.1 Å². The molecule has 1 aliphatic heterocycles. The van der Waals surface area contributed by atoms with Crippen LogP contribution in [0, 0.1) is 6.92 Å². The summed E-state index contributed by atoms with van der Waals surface area (Å²) in [5.74, 6) is -1.07. The van der Waals surface area contributed by atoms with Crippen LogP contribution in [0.2, 0.25) is 0 Å². The van der Waals surface area contributed by atoms with E-state index in [9.17, 15) is 9.59 Å². The number of nitrogens with zero attached hydrogens (tertiary/aromatic N) is 1. The molecule has 5 heteroatoms. The molecule has 0 atom stereocenters. The molecular formula is C16H13BrN2O2. The minimum Gasteiger partial charge on any atom is -0.344 e. The highest BCUT2D eigenvalue weighted by molar-refractivity contribution is 9.10. The van der Waals surface area contributed by atoms with Crippen molar-refractivity contribution >= 4 is 44.7 Å². The van der Waals surface area contributed by atoms with Crippen molar-refractivity contribution in [2.24, 2.45) is 0 Å². The number of ketones is 1. The third kappa shape index (κ3) is 2.34. The Morgan fingerprint density at radius 3 is 2.43 bits per heavy atom. The van der Waals surface area contributed by atoms with E-state index in [1.54, 1.807) is 6.07 Å². The van der Waals surface area contributed by atoms with Crippen molar-refractivity contribution in [1.82, 2.24) is 0 Å². The Morgan fingerprint density at radius 1 is 1.10 bits per heavy atom. The standard InChI is InChI=1S/C16H13BrN2O2/c1-9-3-5-10(6-4-9)19(2)14-8-13-11(7-12(14)17)15(20)16(21)18-13/h3-8H,1-2H3,(H,18,20,21). The Bertz CT molecular complexity index is 754. The lowest BCUT2D eigenvalue weighted by Gasteiger charge is -2.22. The first-order chi connectivity index (χ1) is 9.97. The normalized spacial score (nSPS) is 13.1. The monoisotopic (exact) mass is 344 g/mol. The molecule has 1 aliphatic rings. The average Bonchev–Trinajstić information content (AvgIpc) is 2.73.